The van der Waals surface area contributed by atoms with Gasteiger partial charge < -0.3 is 5.11 Å². The van der Waals surface area contributed by atoms with Crippen LogP contribution in [-0.2, 0) is 4.79 Å². The maximum Gasteiger partial charge on any atom is 0.162 e. The number of hydrogen-bond donors (Lipinski definition) is 1. The molecule has 0 aromatic carbocycles. The molecule has 0 unspecified atom stereocenters. The molecular weight excluding hydrogens is 212 g/mol. The van der Waals surface area contributed by atoms with Crippen molar-refractivity contribution >= 4 is 5.78 Å². The molecule has 0 aromatic rings. The normalized spacial score (nSPS) is 41.8. The summed E-state index contributed by atoms with van der Waals surface area (Å²) in [6, 6.07) is 0. The summed E-state index contributed by atoms with van der Waals surface area (Å²) in [7, 11) is 0. The topological polar surface area (TPSA) is 37.3 Å². The summed E-state index contributed by atoms with van der Waals surface area (Å²) < 4.78 is 0. The molecule has 0 amide bonds. The van der Waals surface area contributed by atoms with E-state index in [0.717, 1.165) is 24.0 Å². The molecule has 0 aliphatic heterocycles. The van der Waals surface area contributed by atoms with Gasteiger partial charge in [0, 0.05) is 5.92 Å². The highest BCUT2D eigenvalue weighted by atomic mass is 16.3. The van der Waals surface area contributed by atoms with Crippen LogP contribution in [-0.4, -0.2) is 17.0 Å². The highest BCUT2D eigenvalue weighted by Crippen LogP contribution is 2.52. The van der Waals surface area contributed by atoms with Gasteiger partial charge in [-0.3, -0.25) is 4.79 Å². The number of carbonyl (C=O) groups excluding carboxylic acids is 1. The number of aliphatic hydroxyl groups excluding tert-OH is 1. The highest BCUT2D eigenvalue weighted by molar-refractivity contribution is 5.95. The molecule has 17 heavy (non-hydrogen) atoms. The van der Waals surface area contributed by atoms with Crippen molar-refractivity contribution in [1.82, 2.24) is 0 Å². The van der Waals surface area contributed by atoms with Crippen LogP contribution in [0.4, 0.5) is 0 Å². The van der Waals surface area contributed by atoms with Gasteiger partial charge in [-0.2, -0.15) is 0 Å². The monoisotopic (exact) mass is 234 g/mol. The van der Waals surface area contributed by atoms with Gasteiger partial charge in [-0.25, -0.2) is 0 Å². The van der Waals surface area contributed by atoms with E-state index in [1.165, 1.54) is 0 Å². The zero-order chi connectivity index (χ0) is 12.8. The van der Waals surface area contributed by atoms with Gasteiger partial charge >= 0.3 is 0 Å². The largest absolute Gasteiger partial charge is 0.393 e. The summed E-state index contributed by atoms with van der Waals surface area (Å²) >= 11 is 0. The van der Waals surface area contributed by atoms with E-state index in [0.29, 0.717) is 12.3 Å². The van der Waals surface area contributed by atoms with Crippen molar-refractivity contribution in [2.45, 2.75) is 46.1 Å². The average molecular weight is 234 g/mol. The molecule has 1 N–H and O–H groups in total. The van der Waals surface area contributed by atoms with E-state index in [1.807, 2.05) is 6.92 Å². The Bertz CT molecular complexity index is 394. The molecule has 0 bridgehead atoms. The number of hydrogen-bond acceptors (Lipinski definition) is 2. The Balaban J connectivity index is 2.38. The summed E-state index contributed by atoms with van der Waals surface area (Å²) in [5, 5.41) is 9.82. The zero-order valence-electron chi connectivity index (χ0n) is 11.0. The summed E-state index contributed by atoms with van der Waals surface area (Å²) in [6.07, 6.45) is 3.86. The van der Waals surface area contributed by atoms with Crippen LogP contribution >= 0.6 is 0 Å². The van der Waals surface area contributed by atoms with Crippen LogP contribution in [0.15, 0.2) is 23.8 Å². The molecule has 2 heteroatoms. The fraction of sp³-hybridized carbons (Fsp3) is 0.667. The first-order valence-corrected chi connectivity index (χ1v) is 6.43. The van der Waals surface area contributed by atoms with Gasteiger partial charge in [-0.15, -0.1) is 0 Å². The highest BCUT2D eigenvalue weighted by Gasteiger charge is 2.46. The standard InChI is InChI=1S/C15H22O2/c1-9(2)13-8-15(4)10(3)5-12(16)6-11(15)7-14(13)17/h7,10,12-13,16H,1,5-6,8H2,2-4H3/t10-,12+,13-,15+/m0/s1. The molecule has 2 nitrogen and oxygen atoms in total. The van der Waals surface area contributed by atoms with Crippen LogP contribution in [0.1, 0.15) is 40.0 Å². The lowest BCUT2D eigenvalue weighted by atomic mass is 9.57. The number of allylic oxidation sites excluding steroid dienone is 2. The van der Waals surface area contributed by atoms with Crippen LogP contribution in [0, 0.1) is 17.3 Å². The lowest BCUT2D eigenvalue weighted by Gasteiger charge is -2.47. The van der Waals surface area contributed by atoms with Crippen molar-refractivity contribution in [3.63, 3.8) is 0 Å². The predicted octanol–water partition coefficient (Wildman–Crippen LogP) is 2.88. The van der Waals surface area contributed by atoms with Gasteiger partial charge in [0.05, 0.1) is 6.10 Å². The predicted molar refractivity (Wildman–Crippen MR) is 68.5 cm³/mol. The Morgan fingerprint density at radius 2 is 2.24 bits per heavy atom. The molecule has 2 aliphatic carbocycles. The molecule has 1 saturated carbocycles. The Morgan fingerprint density at radius 3 is 2.82 bits per heavy atom. The van der Waals surface area contributed by atoms with Crippen LogP contribution in [0.25, 0.3) is 0 Å². The van der Waals surface area contributed by atoms with Gasteiger partial charge in [0.1, 0.15) is 0 Å². The van der Waals surface area contributed by atoms with Crippen LogP contribution in [0.2, 0.25) is 0 Å². The summed E-state index contributed by atoms with van der Waals surface area (Å²) in [4.78, 5) is 12.0. The third-order valence-electron chi connectivity index (χ3n) is 4.79. The number of ketones is 1. The molecule has 0 heterocycles. The fourth-order valence-electron chi connectivity index (χ4n) is 3.33. The minimum absolute atomic E-state index is 0.0264. The smallest absolute Gasteiger partial charge is 0.162 e. The van der Waals surface area contributed by atoms with E-state index in [1.54, 1.807) is 6.08 Å². The van der Waals surface area contributed by atoms with Gasteiger partial charge in [0.2, 0.25) is 0 Å². The molecule has 0 aromatic heterocycles. The Morgan fingerprint density at radius 1 is 1.59 bits per heavy atom. The number of carbonyl (C=O) groups is 1. The summed E-state index contributed by atoms with van der Waals surface area (Å²) in [5.41, 5.74) is 2.17. The van der Waals surface area contributed by atoms with Crippen LogP contribution in [0.5, 0.6) is 0 Å². The molecule has 0 spiro atoms. The molecule has 94 valence electrons. The Labute approximate surface area is 103 Å². The second kappa shape index (κ2) is 4.09. The van der Waals surface area contributed by atoms with Crippen LogP contribution < -0.4 is 0 Å². The van der Waals surface area contributed by atoms with Crippen molar-refractivity contribution < 1.29 is 9.90 Å². The van der Waals surface area contributed by atoms with Gasteiger partial charge in [0.15, 0.2) is 5.78 Å². The third-order valence-corrected chi connectivity index (χ3v) is 4.79. The quantitative estimate of drug-likeness (QED) is 0.708. The van der Waals surface area contributed by atoms with E-state index in [9.17, 15) is 9.90 Å². The molecule has 0 radical (unpaired) electrons. The zero-order valence-corrected chi connectivity index (χ0v) is 11.0. The molecule has 2 rings (SSSR count). The van der Waals surface area contributed by atoms with E-state index >= 15 is 0 Å². The van der Waals surface area contributed by atoms with Gasteiger partial charge in [-0.05, 0) is 43.6 Å². The van der Waals surface area contributed by atoms with E-state index in [-0.39, 0.29) is 23.2 Å². The molecule has 2 aliphatic rings. The molecule has 0 saturated heterocycles. The van der Waals surface area contributed by atoms with Gasteiger partial charge in [0.25, 0.3) is 0 Å². The third kappa shape index (κ3) is 1.99. The van der Waals surface area contributed by atoms with Crippen LogP contribution in [0.3, 0.4) is 0 Å². The van der Waals surface area contributed by atoms with Crippen molar-refractivity contribution in [3.05, 3.63) is 23.8 Å². The number of aliphatic hydroxyl groups is 1. The lowest BCUT2D eigenvalue weighted by Crippen LogP contribution is -2.42. The summed E-state index contributed by atoms with van der Waals surface area (Å²) in [6.45, 7) is 10.3. The lowest BCUT2D eigenvalue weighted by molar-refractivity contribution is -0.119. The first kappa shape index (κ1) is 12.6. The maximum atomic E-state index is 12.0. The van der Waals surface area contributed by atoms with E-state index < -0.39 is 0 Å². The van der Waals surface area contributed by atoms with Crippen molar-refractivity contribution in [2.75, 3.05) is 0 Å². The van der Waals surface area contributed by atoms with E-state index in [2.05, 4.69) is 20.4 Å². The van der Waals surface area contributed by atoms with Crippen molar-refractivity contribution in [1.29, 1.82) is 0 Å². The first-order chi connectivity index (χ1) is 7.84. The molecular formula is C15H22O2. The summed E-state index contributed by atoms with van der Waals surface area (Å²) in [5.74, 6) is 0.570. The average Bonchev–Trinajstić information content (AvgIpc) is 2.20. The van der Waals surface area contributed by atoms with Crippen molar-refractivity contribution in [3.8, 4) is 0 Å². The SMILES string of the molecule is C=C(C)[C@@H]1C[C@@]2(C)C(=CC1=O)C[C@H](O)C[C@@H]2C. The second-order valence-electron chi connectivity index (χ2n) is 6.09. The molecule has 1 fully saturated rings. The Hall–Kier alpha value is -0.890. The first-order valence-electron chi connectivity index (χ1n) is 6.43. The maximum absolute atomic E-state index is 12.0. The number of rotatable bonds is 1. The molecule has 4 atom stereocenters. The van der Waals surface area contributed by atoms with Crippen molar-refractivity contribution in [2.24, 2.45) is 17.3 Å². The number of fused-ring (bicyclic) bond motifs is 1. The second-order valence-corrected chi connectivity index (χ2v) is 6.09. The van der Waals surface area contributed by atoms with E-state index in [4.69, 9.17) is 0 Å². The minimum atomic E-state index is -0.279. The minimum Gasteiger partial charge on any atom is -0.393 e. The fourth-order valence-corrected chi connectivity index (χ4v) is 3.33. The Kier molecular flexibility index (Phi) is 3.03. The van der Waals surface area contributed by atoms with Gasteiger partial charge in [-0.1, -0.05) is 31.6 Å².